The number of aromatic nitrogens is 2. The predicted molar refractivity (Wildman–Crippen MR) is 56.2 cm³/mol. The molecule has 0 unspecified atom stereocenters. The molecule has 0 aliphatic rings. The van der Waals surface area contributed by atoms with E-state index in [1.54, 1.807) is 17.8 Å². The lowest BCUT2D eigenvalue weighted by molar-refractivity contribution is 0.793. The zero-order valence-electron chi connectivity index (χ0n) is 8.13. The van der Waals surface area contributed by atoms with Crippen LogP contribution in [0.2, 0.25) is 0 Å². The summed E-state index contributed by atoms with van der Waals surface area (Å²) in [6, 6.07) is 1.56. The van der Waals surface area contributed by atoms with Crippen molar-refractivity contribution in [1.29, 1.82) is 0 Å². The number of nitrogens with one attached hydrogen (secondary N) is 1. The second kappa shape index (κ2) is 4.46. The van der Waals surface area contributed by atoms with Crippen molar-refractivity contribution in [2.24, 2.45) is 0 Å². The average Bonchev–Trinajstić information content (AvgIpc) is 2.03. The number of thioether (sulfide) groups is 1. The van der Waals surface area contributed by atoms with Gasteiger partial charge in [0, 0.05) is 6.07 Å². The van der Waals surface area contributed by atoms with E-state index in [1.165, 1.54) is 0 Å². The molecule has 13 heavy (non-hydrogen) atoms. The van der Waals surface area contributed by atoms with Gasteiger partial charge in [-0.3, -0.25) is 4.79 Å². The quantitative estimate of drug-likeness (QED) is 0.805. The first-order valence-electron chi connectivity index (χ1n) is 4.22. The number of hydrogen-bond acceptors (Lipinski definition) is 3. The Bertz CT molecular complexity index is 333. The fourth-order valence-electron chi connectivity index (χ4n) is 1.03. The van der Waals surface area contributed by atoms with Crippen LogP contribution in [0.15, 0.2) is 10.9 Å². The van der Waals surface area contributed by atoms with Crippen molar-refractivity contribution in [2.45, 2.75) is 25.5 Å². The van der Waals surface area contributed by atoms with Gasteiger partial charge in [-0.15, -0.1) is 0 Å². The molecule has 4 heteroatoms. The van der Waals surface area contributed by atoms with Crippen LogP contribution >= 0.6 is 11.8 Å². The molecule has 0 saturated heterocycles. The van der Waals surface area contributed by atoms with Gasteiger partial charge in [-0.05, 0) is 12.2 Å². The molecule has 3 nitrogen and oxygen atoms in total. The van der Waals surface area contributed by atoms with E-state index in [1.807, 2.05) is 20.1 Å². The number of aromatic amines is 1. The van der Waals surface area contributed by atoms with E-state index in [-0.39, 0.29) is 5.56 Å². The standard InChI is InChI=1S/C9H14N2OS/c1-6(2)7-4-9(12)11-8(10-7)5-13-3/h4,6H,5H2,1-3H3,(H,10,11,12). The van der Waals surface area contributed by atoms with Crippen molar-refractivity contribution in [2.75, 3.05) is 6.26 Å². The van der Waals surface area contributed by atoms with E-state index in [9.17, 15) is 4.79 Å². The second-order valence-corrected chi connectivity index (χ2v) is 4.07. The van der Waals surface area contributed by atoms with Crippen molar-refractivity contribution >= 4 is 11.8 Å². The molecule has 0 atom stereocenters. The molecule has 0 radical (unpaired) electrons. The summed E-state index contributed by atoms with van der Waals surface area (Å²) in [5, 5.41) is 0. The van der Waals surface area contributed by atoms with Gasteiger partial charge < -0.3 is 4.98 Å². The second-order valence-electron chi connectivity index (χ2n) is 3.20. The number of hydrogen-bond donors (Lipinski definition) is 1. The minimum atomic E-state index is -0.0530. The molecule has 1 aromatic rings. The third-order valence-electron chi connectivity index (χ3n) is 1.68. The summed E-state index contributed by atoms with van der Waals surface area (Å²) in [6.07, 6.45) is 1.99. The third kappa shape index (κ3) is 2.88. The lowest BCUT2D eigenvalue weighted by Gasteiger charge is -2.05. The summed E-state index contributed by atoms with van der Waals surface area (Å²) in [6.45, 7) is 4.06. The van der Waals surface area contributed by atoms with Crippen molar-refractivity contribution < 1.29 is 0 Å². The molecule has 72 valence electrons. The van der Waals surface area contributed by atoms with Gasteiger partial charge in [0.15, 0.2) is 0 Å². The third-order valence-corrected chi connectivity index (χ3v) is 2.25. The summed E-state index contributed by atoms with van der Waals surface area (Å²) < 4.78 is 0. The molecule has 1 aromatic heterocycles. The highest BCUT2D eigenvalue weighted by atomic mass is 32.2. The van der Waals surface area contributed by atoms with E-state index >= 15 is 0 Å². The SMILES string of the molecule is CSCc1nc(C(C)C)cc(=O)[nH]1. The Morgan fingerprint density at radius 2 is 2.31 bits per heavy atom. The Hall–Kier alpha value is -0.770. The van der Waals surface area contributed by atoms with Gasteiger partial charge in [0.2, 0.25) is 0 Å². The summed E-state index contributed by atoms with van der Waals surface area (Å²) in [5.41, 5.74) is 0.815. The minimum absolute atomic E-state index is 0.0530. The zero-order chi connectivity index (χ0) is 9.84. The Morgan fingerprint density at radius 1 is 1.62 bits per heavy atom. The monoisotopic (exact) mass is 198 g/mol. The maximum absolute atomic E-state index is 11.2. The van der Waals surface area contributed by atoms with Gasteiger partial charge in [0.05, 0.1) is 11.4 Å². The normalized spacial score (nSPS) is 10.8. The molecule has 0 fully saturated rings. The van der Waals surface area contributed by atoms with E-state index in [0.717, 1.165) is 17.3 Å². The molecule has 0 saturated carbocycles. The lowest BCUT2D eigenvalue weighted by atomic mass is 10.1. The maximum Gasteiger partial charge on any atom is 0.251 e. The van der Waals surface area contributed by atoms with E-state index < -0.39 is 0 Å². The van der Waals surface area contributed by atoms with E-state index in [2.05, 4.69) is 9.97 Å². The summed E-state index contributed by atoms with van der Waals surface area (Å²) in [7, 11) is 0. The molecule has 1 rings (SSSR count). The van der Waals surface area contributed by atoms with Gasteiger partial charge >= 0.3 is 0 Å². The molecule has 0 spiro atoms. The molecule has 0 amide bonds. The van der Waals surface area contributed by atoms with Crippen LogP contribution in [0.4, 0.5) is 0 Å². The molecule has 0 aliphatic carbocycles. The van der Waals surface area contributed by atoms with Crippen LogP contribution in [0.25, 0.3) is 0 Å². The topological polar surface area (TPSA) is 45.8 Å². The van der Waals surface area contributed by atoms with E-state index in [0.29, 0.717) is 5.92 Å². The van der Waals surface area contributed by atoms with Crippen molar-refractivity contribution in [1.82, 2.24) is 9.97 Å². The molecular formula is C9H14N2OS. The Labute approximate surface area is 82.0 Å². The van der Waals surface area contributed by atoms with Crippen molar-refractivity contribution in [3.05, 3.63) is 27.9 Å². The van der Waals surface area contributed by atoms with Gasteiger partial charge in [0.25, 0.3) is 5.56 Å². The fourth-order valence-corrected chi connectivity index (χ4v) is 1.44. The largest absolute Gasteiger partial charge is 0.310 e. The Morgan fingerprint density at radius 3 is 2.85 bits per heavy atom. The molecule has 1 N–H and O–H groups in total. The number of rotatable bonds is 3. The van der Waals surface area contributed by atoms with Crippen molar-refractivity contribution in [3.63, 3.8) is 0 Å². The van der Waals surface area contributed by atoms with Crippen LogP contribution < -0.4 is 5.56 Å². The molecule has 1 heterocycles. The Balaban J connectivity index is 3.04. The highest BCUT2D eigenvalue weighted by Crippen LogP contribution is 2.10. The van der Waals surface area contributed by atoms with Crippen LogP contribution in [-0.4, -0.2) is 16.2 Å². The van der Waals surface area contributed by atoms with Crippen LogP contribution in [-0.2, 0) is 5.75 Å². The first kappa shape index (κ1) is 10.3. The van der Waals surface area contributed by atoms with Crippen LogP contribution in [0.5, 0.6) is 0 Å². The van der Waals surface area contributed by atoms with Gasteiger partial charge in [-0.1, -0.05) is 13.8 Å². The molecule has 0 aliphatic heterocycles. The number of H-pyrrole nitrogens is 1. The first-order valence-corrected chi connectivity index (χ1v) is 5.62. The molecule has 0 aromatic carbocycles. The van der Waals surface area contributed by atoms with Gasteiger partial charge in [-0.2, -0.15) is 11.8 Å². The van der Waals surface area contributed by atoms with Crippen LogP contribution in [0.3, 0.4) is 0 Å². The van der Waals surface area contributed by atoms with Crippen LogP contribution in [0, 0.1) is 0 Å². The minimum Gasteiger partial charge on any atom is -0.310 e. The highest BCUT2D eigenvalue weighted by molar-refractivity contribution is 7.97. The van der Waals surface area contributed by atoms with Crippen LogP contribution in [0.1, 0.15) is 31.3 Å². The predicted octanol–water partition coefficient (Wildman–Crippen LogP) is 1.76. The van der Waals surface area contributed by atoms with Gasteiger partial charge in [-0.25, -0.2) is 4.98 Å². The lowest BCUT2D eigenvalue weighted by Crippen LogP contribution is -2.12. The van der Waals surface area contributed by atoms with Gasteiger partial charge in [0.1, 0.15) is 5.82 Å². The van der Waals surface area contributed by atoms with Crippen molar-refractivity contribution in [3.8, 4) is 0 Å². The summed E-state index contributed by atoms with van der Waals surface area (Å²) >= 11 is 1.65. The fraction of sp³-hybridized carbons (Fsp3) is 0.556. The maximum atomic E-state index is 11.2. The highest BCUT2D eigenvalue weighted by Gasteiger charge is 2.04. The molecular weight excluding hydrogens is 184 g/mol. The molecule has 0 bridgehead atoms. The smallest absolute Gasteiger partial charge is 0.251 e. The average molecular weight is 198 g/mol. The first-order chi connectivity index (χ1) is 6.13. The number of nitrogens with zero attached hydrogens (tertiary/aromatic N) is 1. The summed E-state index contributed by atoms with van der Waals surface area (Å²) in [4.78, 5) is 18.2. The summed E-state index contributed by atoms with van der Waals surface area (Å²) in [5.74, 6) is 1.84. The van der Waals surface area contributed by atoms with E-state index in [4.69, 9.17) is 0 Å². The Kier molecular flexibility index (Phi) is 3.54. The zero-order valence-corrected chi connectivity index (χ0v) is 8.94.